The summed E-state index contributed by atoms with van der Waals surface area (Å²) in [6, 6.07) is 16.0. The Kier molecular flexibility index (Phi) is 4.47. The number of ether oxygens (including phenoxy) is 1. The first-order chi connectivity index (χ1) is 9.70. The molecule has 0 spiro atoms. The molecule has 0 fully saturated rings. The first-order valence-corrected chi connectivity index (χ1v) is 6.75. The quantitative estimate of drug-likeness (QED) is 0.865. The molecule has 2 aromatic rings. The number of hydrogen-bond donors (Lipinski definition) is 0. The first-order valence-electron chi connectivity index (χ1n) is 5.71. The van der Waals surface area contributed by atoms with Gasteiger partial charge in [0.25, 0.3) is 0 Å². The van der Waals surface area contributed by atoms with E-state index in [-0.39, 0.29) is 11.3 Å². The highest BCUT2D eigenvalue weighted by Gasteiger charge is 2.09. The van der Waals surface area contributed by atoms with E-state index in [2.05, 4.69) is 4.36 Å². The molecule has 20 heavy (non-hydrogen) atoms. The van der Waals surface area contributed by atoms with E-state index in [1.807, 2.05) is 36.4 Å². The molecule has 0 aliphatic heterocycles. The Hall–Kier alpha value is -2.65. The molecule has 0 aromatic heterocycles. The third kappa shape index (κ3) is 3.43. The van der Waals surface area contributed by atoms with Crippen molar-refractivity contribution in [2.24, 2.45) is 4.36 Å². The van der Waals surface area contributed by atoms with Crippen LogP contribution in [-0.2, 0) is 17.1 Å². The standard InChI is InChI=1S/C14H10N2O3S/c15-9-12-13(16-20(17)18)7-4-8-14(12)19-10-11-5-2-1-3-6-11/h1-8H,10H2. The van der Waals surface area contributed by atoms with E-state index in [9.17, 15) is 8.42 Å². The predicted molar refractivity (Wildman–Crippen MR) is 72.9 cm³/mol. The van der Waals surface area contributed by atoms with Gasteiger partial charge in [-0.3, -0.25) is 0 Å². The molecule has 0 heterocycles. The summed E-state index contributed by atoms with van der Waals surface area (Å²) in [5, 5.41) is 9.12. The Labute approximate surface area is 117 Å². The van der Waals surface area contributed by atoms with Crippen LogP contribution < -0.4 is 4.74 Å². The lowest BCUT2D eigenvalue weighted by atomic mass is 10.2. The van der Waals surface area contributed by atoms with Crippen LogP contribution in [0.4, 0.5) is 5.69 Å². The highest BCUT2D eigenvalue weighted by Crippen LogP contribution is 2.28. The molecule has 0 N–H and O–H groups in total. The Morgan fingerprint density at radius 3 is 2.50 bits per heavy atom. The number of rotatable bonds is 4. The summed E-state index contributed by atoms with van der Waals surface area (Å²) < 4.78 is 30.1. The van der Waals surface area contributed by atoms with Gasteiger partial charge in [-0.15, -0.1) is 4.36 Å². The summed E-state index contributed by atoms with van der Waals surface area (Å²) >= 11 is 0. The van der Waals surface area contributed by atoms with Crippen LogP contribution in [0, 0.1) is 11.3 Å². The van der Waals surface area contributed by atoms with Gasteiger partial charge >= 0.3 is 10.5 Å². The van der Waals surface area contributed by atoms with Gasteiger partial charge in [0, 0.05) is 0 Å². The van der Waals surface area contributed by atoms with Crippen LogP contribution in [0.2, 0.25) is 0 Å². The van der Waals surface area contributed by atoms with Gasteiger partial charge in [0.05, 0.1) is 0 Å². The van der Waals surface area contributed by atoms with Crippen molar-refractivity contribution >= 4 is 16.2 Å². The maximum atomic E-state index is 10.6. The zero-order valence-corrected chi connectivity index (χ0v) is 11.2. The maximum absolute atomic E-state index is 10.6. The molecule has 0 radical (unpaired) electrons. The van der Waals surface area contributed by atoms with Gasteiger partial charge in [0.1, 0.15) is 29.7 Å². The molecule has 0 saturated carbocycles. The molecule has 0 bridgehead atoms. The van der Waals surface area contributed by atoms with Crippen LogP contribution in [0.3, 0.4) is 0 Å². The van der Waals surface area contributed by atoms with E-state index in [0.29, 0.717) is 12.4 Å². The molecule has 2 aromatic carbocycles. The molecule has 100 valence electrons. The number of hydrogen-bond acceptors (Lipinski definition) is 5. The van der Waals surface area contributed by atoms with Crippen molar-refractivity contribution < 1.29 is 13.2 Å². The highest BCUT2D eigenvalue weighted by atomic mass is 32.2. The SMILES string of the molecule is N#Cc1c(N=S(=O)=O)cccc1OCc1ccccc1. The molecule has 0 aliphatic rings. The Morgan fingerprint density at radius 2 is 1.85 bits per heavy atom. The van der Waals surface area contributed by atoms with Gasteiger partial charge < -0.3 is 4.74 Å². The van der Waals surface area contributed by atoms with Crippen LogP contribution in [0.1, 0.15) is 11.1 Å². The van der Waals surface area contributed by atoms with Crippen LogP contribution in [0.15, 0.2) is 52.9 Å². The Bertz CT molecular complexity index is 770. The summed E-state index contributed by atoms with van der Waals surface area (Å²) in [6.07, 6.45) is 0. The van der Waals surface area contributed by atoms with Crippen LogP contribution in [0.5, 0.6) is 5.75 Å². The van der Waals surface area contributed by atoms with E-state index in [1.54, 1.807) is 12.1 Å². The number of benzene rings is 2. The van der Waals surface area contributed by atoms with E-state index in [0.717, 1.165) is 5.56 Å². The normalized spacial score (nSPS) is 9.55. The van der Waals surface area contributed by atoms with Gasteiger partial charge in [0.2, 0.25) is 0 Å². The zero-order chi connectivity index (χ0) is 14.4. The van der Waals surface area contributed by atoms with Crippen molar-refractivity contribution in [3.8, 4) is 11.8 Å². The highest BCUT2D eigenvalue weighted by molar-refractivity contribution is 7.61. The first kappa shape index (κ1) is 13.8. The molecule has 0 saturated heterocycles. The monoisotopic (exact) mass is 286 g/mol. The molecular weight excluding hydrogens is 276 g/mol. The molecule has 5 nitrogen and oxygen atoms in total. The van der Waals surface area contributed by atoms with Crippen molar-refractivity contribution in [1.82, 2.24) is 0 Å². The molecular formula is C14H10N2O3S. The second kappa shape index (κ2) is 6.50. The van der Waals surface area contributed by atoms with Crippen LogP contribution in [-0.4, -0.2) is 8.42 Å². The molecule has 2 rings (SSSR count). The zero-order valence-electron chi connectivity index (χ0n) is 10.4. The summed E-state index contributed by atoms with van der Waals surface area (Å²) in [7, 11) is -2.61. The van der Waals surface area contributed by atoms with Crippen molar-refractivity contribution in [2.45, 2.75) is 6.61 Å². The lowest BCUT2D eigenvalue weighted by Gasteiger charge is -2.08. The third-order valence-electron chi connectivity index (χ3n) is 2.53. The largest absolute Gasteiger partial charge is 0.487 e. The number of nitrogens with zero attached hydrogens (tertiary/aromatic N) is 2. The summed E-state index contributed by atoms with van der Waals surface area (Å²) in [4.78, 5) is 0. The lowest BCUT2D eigenvalue weighted by Crippen LogP contribution is -1.97. The lowest BCUT2D eigenvalue weighted by molar-refractivity contribution is 0.305. The van der Waals surface area contributed by atoms with E-state index >= 15 is 0 Å². The van der Waals surface area contributed by atoms with E-state index in [4.69, 9.17) is 10.00 Å². The van der Waals surface area contributed by atoms with Gasteiger partial charge in [-0.05, 0) is 17.7 Å². The predicted octanol–water partition coefficient (Wildman–Crippen LogP) is 2.83. The second-order valence-electron chi connectivity index (χ2n) is 3.84. The third-order valence-corrected chi connectivity index (χ3v) is 2.87. The topological polar surface area (TPSA) is 79.5 Å². The Morgan fingerprint density at radius 1 is 1.10 bits per heavy atom. The minimum atomic E-state index is -2.61. The van der Waals surface area contributed by atoms with Gasteiger partial charge in [0.15, 0.2) is 0 Å². The van der Waals surface area contributed by atoms with E-state index in [1.165, 1.54) is 6.07 Å². The van der Waals surface area contributed by atoms with E-state index < -0.39 is 10.5 Å². The van der Waals surface area contributed by atoms with Gasteiger partial charge in [-0.25, -0.2) is 0 Å². The second-order valence-corrected chi connectivity index (χ2v) is 4.46. The summed E-state index contributed by atoms with van der Waals surface area (Å²) in [6.45, 7) is 0.291. The molecule has 0 atom stereocenters. The minimum absolute atomic E-state index is 0.0754. The fourth-order valence-electron chi connectivity index (χ4n) is 1.64. The summed E-state index contributed by atoms with van der Waals surface area (Å²) in [5.41, 5.74) is 1.13. The maximum Gasteiger partial charge on any atom is 0.316 e. The minimum Gasteiger partial charge on any atom is -0.487 e. The van der Waals surface area contributed by atoms with Crippen molar-refractivity contribution in [1.29, 1.82) is 5.26 Å². The van der Waals surface area contributed by atoms with Crippen molar-refractivity contribution in [3.63, 3.8) is 0 Å². The molecule has 0 aliphatic carbocycles. The van der Waals surface area contributed by atoms with Crippen molar-refractivity contribution in [3.05, 3.63) is 59.7 Å². The molecule has 0 unspecified atom stereocenters. The summed E-state index contributed by atoms with van der Waals surface area (Å²) in [5.74, 6) is 0.308. The van der Waals surface area contributed by atoms with Gasteiger partial charge in [-0.2, -0.15) is 13.7 Å². The van der Waals surface area contributed by atoms with Crippen molar-refractivity contribution in [2.75, 3.05) is 0 Å². The fourth-order valence-corrected chi connectivity index (χ4v) is 1.96. The van der Waals surface area contributed by atoms with Crippen LogP contribution in [0.25, 0.3) is 0 Å². The average molecular weight is 286 g/mol. The Balaban J connectivity index is 2.29. The molecule has 0 amide bonds. The van der Waals surface area contributed by atoms with Gasteiger partial charge in [-0.1, -0.05) is 36.4 Å². The molecule has 6 heteroatoms. The average Bonchev–Trinajstić information content (AvgIpc) is 2.45. The number of nitriles is 1. The van der Waals surface area contributed by atoms with Crippen LogP contribution >= 0.6 is 0 Å². The fraction of sp³-hybridized carbons (Fsp3) is 0.0714. The smallest absolute Gasteiger partial charge is 0.316 e.